The molecule has 19 heavy (non-hydrogen) atoms. The van der Waals surface area contributed by atoms with Gasteiger partial charge in [-0.25, -0.2) is 4.98 Å². The molecule has 0 bridgehead atoms. The Morgan fingerprint density at radius 2 is 2.00 bits per heavy atom. The quantitative estimate of drug-likeness (QED) is 0.863. The Kier molecular flexibility index (Phi) is 3.82. The second-order valence-corrected chi connectivity index (χ2v) is 5.77. The molecule has 2 heterocycles. The number of hydrogen-bond acceptors (Lipinski definition) is 3. The molecule has 2 aromatic rings. The third kappa shape index (κ3) is 2.66. The summed E-state index contributed by atoms with van der Waals surface area (Å²) >= 11 is 3.63. The van der Waals surface area contributed by atoms with Crippen LogP contribution in [0.2, 0.25) is 0 Å². The predicted octanol–water partition coefficient (Wildman–Crippen LogP) is 2.96. The van der Waals surface area contributed by atoms with Crippen LogP contribution in [0.4, 0.5) is 0 Å². The molecule has 0 radical (unpaired) electrons. The Bertz CT molecular complexity index is 579. The third-order valence-electron chi connectivity index (χ3n) is 3.85. The Morgan fingerprint density at radius 3 is 2.79 bits per heavy atom. The highest BCUT2D eigenvalue weighted by Gasteiger charge is 2.20. The van der Waals surface area contributed by atoms with Gasteiger partial charge in [0.25, 0.3) is 0 Å². The van der Waals surface area contributed by atoms with Crippen LogP contribution >= 0.6 is 15.9 Å². The number of aromatic nitrogens is 1. The maximum absolute atomic E-state index is 4.67. The van der Waals surface area contributed by atoms with Crippen LogP contribution in [-0.4, -0.2) is 36.1 Å². The summed E-state index contributed by atoms with van der Waals surface area (Å²) in [5.74, 6) is 0. The lowest BCUT2D eigenvalue weighted by Gasteiger charge is -2.33. The fraction of sp³-hybridized carbons (Fsp3) is 0.400. The van der Waals surface area contributed by atoms with E-state index in [1.807, 2.05) is 6.07 Å². The molecule has 0 amide bonds. The van der Waals surface area contributed by atoms with E-state index in [-0.39, 0.29) is 0 Å². The summed E-state index contributed by atoms with van der Waals surface area (Å²) in [5, 5.41) is 4.61. The van der Waals surface area contributed by atoms with E-state index in [0.717, 1.165) is 36.3 Å². The van der Waals surface area contributed by atoms with Gasteiger partial charge in [-0.05, 0) is 35.0 Å². The molecule has 100 valence electrons. The molecule has 1 N–H and O–H groups in total. The van der Waals surface area contributed by atoms with Crippen molar-refractivity contribution in [1.29, 1.82) is 0 Å². The first-order valence-corrected chi connectivity index (χ1v) is 7.55. The zero-order valence-electron chi connectivity index (χ0n) is 11.1. The molecule has 1 unspecified atom stereocenters. The molecule has 0 spiro atoms. The lowest BCUT2D eigenvalue weighted by Crippen LogP contribution is -2.44. The van der Waals surface area contributed by atoms with Gasteiger partial charge in [0.05, 0.1) is 5.52 Å². The van der Waals surface area contributed by atoms with E-state index in [1.54, 1.807) is 0 Å². The number of halogens is 1. The van der Waals surface area contributed by atoms with Crippen molar-refractivity contribution in [3.8, 4) is 0 Å². The van der Waals surface area contributed by atoms with Crippen molar-refractivity contribution in [2.75, 3.05) is 26.2 Å². The largest absolute Gasteiger partial charge is 0.314 e. The van der Waals surface area contributed by atoms with Gasteiger partial charge in [-0.2, -0.15) is 0 Å². The Labute approximate surface area is 122 Å². The van der Waals surface area contributed by atoms with E-state index in [1.165, 1.54) is 10.9 Å². The summed E-state index contributed by atoms with van der Waals surface area (Å²) in [6.07, 6.45) is 0. The normalized spacial score (nSPS) is 18.6. The van der Waals surface area contributed by atoms with Crippen LogP contribution in [0.15, 0.2) is 34.9 Å². The number of pyridine rings is 1. The molecule has 3 nitrogen and oxygen atoms in total. The van der Waals surface area contributed by atoms with E-state index in [4.69, 9.17) is 0 Å². The van der Waals surface area contributed by atoms with Crippen molar-refractivity contribution < 1.29 is 0 Å². The second-order valence-electron chi connectivity index (χ2n) is 5.02. The average molecular weight is 320 g/mol. The molecule has 1 aromatic heterocycles. The molecular formula is C15H18BrN3. The van der Waals surface area contributed by atoms with E-state index in [9.17, 15) is 0 Å². The second kappa shape index (κ2) is 5.57. The Hall–Kier alpha value is -0.970. The summed E-state index contributed by atoms with van der Waals surface area (Å²) in [6.45, 7) is 6.61. The van der Waals surface area contributed by atoms with Crippen molar-refractivity contribution in [2.45, 2.75) is 13.0 Å². The van der Waals surface area contributed by atoms with Gasteiger partial charge in [-0.15, -0.1) is 0 Å². The number of hydrogen-bond donors (Lipinski definition) is 1. The predicted molar refractivity (Wildman–Crippen MR) is 82.3 cm³/mol. The molecule has 1 aliphatic rings. The highest BCUT2D eigenvalue weighted by Crippen LogP contribution is 2.29. The van der Waals surface area contributed by atoms with Crippen LogP contribution in [0.5, 0.6) is 0 Å². The van der Waals surface area contributed by atoms with Crippen molar-refractivity contribution in [3.05, 3.63) is 40.5 Å². The highest BCUT2D eigenvalue weighted by atomic mass is 79.9. The number of nitrogens with one attached hydrogen (secondary N) is 1. The van der Waals surface area contributed by atoms with E-state index < -0.39 is 0 Å². The Balaban J connectivity index is 1.96. The van der Waals surface area contributed by atoms with Crippen molar-refractivity contribution in [3.63, 3.8) is 0 Å². The molecule has 0 aliphatic carbocycles. The summed E-state index contributed by atoms with van der Waals surface area (Å²) in [5.41, 5.74) is 2.33. The van der Waals surface area contributed by atoms with Crippen molar-refractivity contribution in [2.24, 2.45) is 0 Å². The summed E-state index contributed by atoms with van der Waals surface area (Å²) in [7, 11) is 0. The van der Waals surface area contributed by atoms with Crippen LogP contribution in [0.25, 0.3) is 10.9 Å². The molecule has 1 aliphatic heterocycles. The molecular weight excluding hydrogens is 302 g/mol. The fourth-order valence-electron chi connectivity index (χ4n) is 2.67. The van der Waals surface area contributed by atoms with E-state index >= 15 is 0 Å². The topological polar surface area (TPSA) is 28.2 Å². The lowest BCUT2D eigenvalue weighted by molar-refractivity contribution is 0.185. The van der Waals surface area contributed by atoms with Gasteiger partial charge in [0.2, 0.25) is 0 Å². The zero-order chi connectivity index (χ0) is 13.2. The first-order valence-electron chi connectivity index (χ1n) is 6.75. The van der Waals surface area contributed by atoms with Gasteiger partial charge in [-0.1, -0.05) is 18.2 Å². The molecule has 0 saturated carbocycles. The number of para-hydroxylation sites is 1. The van der Waals surface area contributed by atoms with Crippen LogP contribution in [-0.2, 0) is 0 Å². The Morgan fingerprint density at radius 1 is 1.26 bits per heavy atom. The van der Waals surface area contributed by atoms with E-state index in [2.05, 4.69) is 62.3 Å². The van der Waals surface area contributed by atoms with Gasteiger partial charge in [-0.3, -0.25) is 4.90 Å². The monoisotopic (exact) mass is 319 g/mol. The van der Waals surface area contributed by atoms with Crippen LogP contribution in [0.1, 0.15) is 18.5 Å². The standard InChI is InChI=1S/C15H18BrN3/c1-11(19-8-6-17-7-9-19)13-10-12-4-2-3-5-14(12)18-15(13)16/h2-5,10-11,17H,6-9H2,1H3. The maximum Gasteiger partial charge on any atom is 0.111 e. The van der Waals surface area contributed by atoms with Crippen molar-refractivity contribution >= 4 is 26.8 Å². The first kappa shape index (κ1) is 13.0. The van der Waals surface area contributed by atoms with Crippen LogP contribution in [0, 0.1) is 0 Å². The van der Waals surface area contributed by atoms with Crippen molar-refractivity contribution in [1.82, 2.24) is 15.2 Å². The molecule has 3 rings (SSSR count). The smallest absolute Gasteiger partial charge is 0.111 e. The van der Waals surface area contributed by atoms with Crippen LogP contribution < -0.4 is 5.32 Å². The van der Waals surface area contributed by atoms with E-state index in [0.29, 0.717) is 6.04 Å². The van der Waals surface area contributed by atoms with Gasteiger partial charge in [0.15, 0.2) is 0 Å². The summed E-state index contributed by atoms with van der Waals surface area (Å²) in [4.78, 5) is 7.17. The highest BCUT2D eigenvalue weighted by molar-refractivity contribution is 9.10. The van der Waals surface area contributed by atoms with Gasteiger partial charge in [0, 0.05) is 43.2 Å². The number of piperazine rings is 1. The molecule has 1 saturated heterocycles. The van der Waals surface area contributed by atoms with Gasteiger partial charge in [0.1, 0.15) is 4.60 Å². The zero-order valence-corrected chi connectivity index (χ0v) is 12.7. The third-order valence-corrected chi connectivity index (χ3v) is 4.49. The molecule has 4 heteroatoms. The minimum absolute atomic E-state index is 0.397. The fourth-order valence-corrected chi connectivity index (χ4v) is 3.30. The summed E-state index contributed by atoms with van der Waals surface area (Å²) in [6, 6.07) is 10.9. The number of fused-ring (bicyclic) bond motifs is 1. The number of nitrogens with zero attached hydrogens (tertiary/aromatic N) is 2. The molecule has 1 aromatic carbocycles. The first-order chi connectivity index (χ1) is 9.25. The summed E-state index contributed by atoms with van der Waals surface area (Å²) < 4.78 is 0.970. The molecule has 1 atom stereocenters. The van der Waals surface area contributed by atoms with Crippen LogP contribution in [0.3, 0.4) is 0 Å². The average Bonchev–Trinajstić information content (AvgIpc) is 2.47. The lowest BCUT2D eigenvalue weighted by atomic mass is 10.1. The number of benzene rings is 1. The minimum Gasteiger partial charge on any atom is -0.314 e. The van der Waals surface area contributed by atoms with Gasteiger partial charge >= 0.3 is 0 Å². The minimum atomic E-state index is 0.397. The van der Waals surface area contributed by atoms with Gasteiger partial charge < -0.3 is 5.32 Å². The maximum atomic E-state index is 4.67. The SMILES string of the molecule is CC(c1cc2ccccc2nc1Br)N1CCNCC1. The molecule has 1 fully saturated rings. The number of rotatable bonds is 2.